The normalized spacial score (nSPS) is 11.4. The molecule has 0 unspecified atom stereocenters. The van der Waals surface area contributed by atoms with Gasteiger partial charge >= 0.3 is 6.18 Å². The number of nitrogens with one attached hydrogen (secondary N) is 1. The van der Waals surface area contributed by atoms with Gasteiger partial charge in [-0.05, 0) is 17.7 Å². The Morgan fingerprint density at radius 2 is 2.04 bits per heavy atom. The van der Waals surface area contributed by atoms with Gasteiger partial charge in [0.25, 0.3) is 11.5 Å². The Balaban J connectivity index is 1.71. The molecular weight excluding hydrogens is 379 g/mol. The van der Waals surface area contributed by atoms with E-state index in [1.54, 1.807) is 13.1 Å². The van der Waals surface area contributed by atoms with Crippen molar-refractivity contribution in [1.29, 1.82) is 0 Å². The smallest absolute Gasteiger partial charge is 0.319 e. The molecule has 0 aliphatic heterocycles. The molecule has 0 radical (unpaired) electrons. The molecule has 1 aromatic carbocycles. The summed E-state index contributed by atoms with van der Waals surface area (Å²) in [6, 6.07) is 7.80. The summed E-state index contributed by atoms with van der Waals surface area (Å²) in [6.45, 7) is 0. The lowest BCUT2D eigenvalue weighted by molar-refractivity contribution is -0.137. The van der Waals surface area contributed by atoms with E-state index in [4.69, 9.17) is 0 Å². The van der Waals surface area contributed by atoms with Crippen molar-refractivity contribution in [1.82, 2.24) is 9.55 Å². The fourth-order valence-corrected chi connectivity index (χ4v) is 3.21. The number of hydrogen-bond acceptors (Lipinski definition) is 4. The number of aryl methyl sites for hydroxylation is 1. The summed E-state index contributed by atoms with van der Waals surface area (Å²) >= 11 is 1.16. The second-order valence-electron chi connectivity index (χ2n) is 5.83. The molecule has 0 fully saturated rings. The number of pyridine rings is 1. The molecule has 3 aromatic rings. The first-order valence-electron chi connectivity index (χ1n) is 7.81. The zero-order valence-corrected chi connectivity index (χ0v) is 14.9. The number of carbonyl (C=O) groups excluding carboxylic acids is 1. The number of rotatable bonds is 4. The molecular formula is C18H14F3N3O2S. The van der Waals surface area contributed by atoms with Gasteiger partial charge in [0.1, 0.15) is 0 Å². The lowest BCUT2D eigenvalue weighted by Crippen LogP contribution is -2.19. The van der Waals surface area contributed by atoms with Gasteiger partial charge in [-0.25, -0.2) is 4.98 Å². The topological polar surface area (TPSA) is 64.0 Å². The van der Waals surface area contributed by atoms with Crippen LogP contribution < -0.4 is 10.9 Å². The molecule has 0 aliphatic rings. The van der Waals surface area contributed by atoms with Gasteiger partial charge in [-0.2, -0.15) is 13.2 Å². The van der Waals surface area contributed by atoms with E-state index in [1.165, 1.54) is 35.2 Å². The Kier molecular flexibility index (Phi) is 5.13. The van der Waals surface area contributed by atoms with E-state index in [-0.39, 0.29) is 17.5 Å². The molecule has 140 valence electrons. The Bertz CT molecular complexity index is 1040. The zero-order chi connectivity index (χ0) is 19.6. The molecule has 0 bridgehead atoms. The number of nitrogens with zero attached hydrogens (tertiary/aromatic N) is 2. The molecule has 2 heterocycles. The lowest BCUT2D eigenvalue weighted by Gasteiger charge is -2.07. The van der Waals surface area contributed by atoms with E-state index in [1.807, 2.05) is 0 Å². The predicted octanol–water partition coefficient (Wildman–Crippen LogP) is 3.70. The van der Waals surface area contributed by atoms with Gasteiger partial charge in [0.05, 0.1) is 5.56 Å². The summed E-state index contributed by atoms with van der Waals surface area (Å²) in [4.78, 5) is 28.5. The third kappa shape index (κ3) is 4.62. The van der Waals surface area contributed by atoms with Crippen molar-refractivity contribution in [2.24, 2.45) is 7.05 Å². The molecule has 5 nitrogen and oxygen atoms in total. The third-order valence-electron chi connectivity index (χ3n) is 3.77. The largest absolute Gasteiger partial charge is 0.416 e. The minimum atomic E-state index is -4.39. The highest BCUT2D eigenvalue weighted by molar-refractivity contribution is 7.15. The fourth-order valence-electron chi connectivity index (χ4n) is 2.36. The number of aromatic nitrogens is 2. The number of hydrogen-bond donors (Lipinski definition) is 1. The van der Waals surface area contributed by atoms with Crippen LogP contribution in [-0.4, -0.2) is 15.5 Å². The Hall–Kier alpha value is -2.94. The van der Waals surface area contributed by atoms with E-state index in [9.17, 15) is 22.8 Å². The number of amides is 1. The van der Waals surface area contributed by atoms with Crippen molar-refractivity contribution < 1.29 is 18.0 Å². The van der Waals surface area contributed by atoms with Crippen LogP contribution in [0, 0.1) is 0 Å². The van der Waals surface area contributed by atoms with Gasteiger partial charge in [0, 0.05) is 42.4 Å². The van der Waals surface area contributed by atoms with Crippen molar-refractivity contribution in [3.05, 3.63) is 80.7 Å². The average molecular weight is 393 g/mol. The number of benzene rings is 1. The molecule has 0 spiro atoms. The quantitative estimate of drug-likeness (QED) is 0.735. The monoisotopic (exact) mass is 393 g/mol. The predicted molar refractivity (Wildman–Crippen MR) is 96.0 cm³/mol. The second kappa shape index (κ2) is 7.36. The van der Waals surface area contributed by atoms with Crippen LogP contribution in [-0.2, 0) is 19.6 Å². The summed E-state index contributed by atoms with van der Waals surface area (Å²) in [5, 5.41) is 2.90. The third-order valence-corrected chi connectivity index (χ3v) is 4.69. The van der Waals surface area contributed by atoms with Crippen molar-refractivity contribution in [2.75, 3.05) is 5.32 Å². The van der Waals surface area contributed by atoms with Crippen LogP contribution in [0.3, 0.4) is 0 Å². The first-order chi connectivity index (χ1) is 12.7. The number of halogens is 3. The standard InChI is InChI=1S/C18H14F3N3O2S/c1-24-6-5-12(9-15(24)25)16(26)23-17-22-10-14(27-17)8-11-3-2-4-13(7-11)18(19,20)21/h2-7,9-10H,8H2,1H3,(H,22,23,26). The number of carbonyl (C=O) groups is 1. The minimum absolute atomic E-state index is 0.202. The van der Waals surface area contributed by atoms with Gasteiger partial charge in [0.2, 0.25) is 0 Å². The van der Waals surface area contributed by atoms with Crippen LogP contribution in [0.5, 0.6) is 0 Å². The van der Waals surface area contributed by atoms with Crippen LogP contribution >= 0.6 is 11.3 Å². The van der Waals surface area contributed by atoms with Crippen molar-refractivity contribution in [3.8, 4) is 0 Å². The molecule has 9 heteroatoms. The molecule has 0 saturated heterocycles. The summed E-state index contributed by atoms with van der Waals surface area (Å²) in [7, 11) is 1.57. The van der Waals surface area contributed by atoms with E-state index in [2.05, 4.69) is 10.3 Å². The van der Waals surface area contributed by atoms with Crippen molar-refractivity contribution in [2.45, 2.75) is 12.6 Å². The Morgan fingerprint density at radius 1 is 1.26 bits per heavy atom. The molecule has 0 aliphatic carbocycles. The maximum Gasteiger partial charge on any atom is 0.416 e. The minimum Gasteiger partial charge on any atom is -0.319 e. The van der Waals surface area contributed by atoms with E-state index in [0.717, 1.165) is 23.5 Å². The van der Waals surface area contributed by atoms with Gasteiger partial charge in [-0.1, -0.05) is 18.2 Å². The number of alkyl halides is 3. The van der Waals surface area contributed by atoms with Crippen LogP contribution in [0.4, 0.5) is 18.3 Å². The van der Waals surface area contributed by atoms with Gasteiger partial charge in [-0.3, -0.25) is 14.9 Å². The summed E-state index contributed by atoms with van der Waals surface area (Å²) in [5.74, 6) is -0.479. The highest BCUT2D eigenvalue weighted by Crippen LogP contribution is 2.30. The highest BCUT2D eigenvalue weighted by Gasteiger charge is 2.30. The molecule has 2 aromatic heterocycles. The summed E-state index contributed by atoms with van der Waals surface area (Å²) in [5.41, 5.74) is -0.318. The van der Waals surface area contributed by atoms with Gasteiger partial charge < -0.3 is 4.57 Å². The van der Waals surface area contributed by atoms with E-state index >= 15 is 0 Å². The summed E-state index contributed by atoms with van der Waals surface area (Å²) < 4.78 is 39.7. The van der Waals surface area contributed by atoms with E-state index < -0.39 is 17.6 Å². The second-order valence-corrected chi connectivity index (χ2v) is 6.94. The molecule has 1 N–H and O–H groups in total. The molecule has 0 saturated carbocycles. The zero-order valence-electron chi connectivity index (χ0n) is 14.1. The summed E-state index contributed by atoms with van der Waals surface area (Å²) in [6.07, 6.45) is -1.14. The van der Waals surface area contributed by atoms with Crippen LogP contribution in [0.1, 0.15) is 26.4 Å². The first-order valence-corrected chi connectivity index (χ1v) is 8.63. The molecule has 27 heavy (non-hydrogen) atoms. The van der Waals surface area contributed by atoms with Crippen LogP contribution in [0.2, 0.25) is 0 Å². The average Bonchev–Trinajstić information content (AvgIpc) is 3.03. The van der Waals surface area contributed by atoms with Crippen LogP contribution in [0.15, 0.2) is 53.6 Å². The Labute approximate surface area is 156 Å². The van der Waals surface area contributed by atoms with E-state index in [0.29, 0.717) is 15.6 Å². The Morgan fingerprint density at radius 3 is 2.74 bits per heavy atom. The SMILES string of the molecule is Cn1ccc(C(=O)Nc2ncc(Cc3cccc(C(F)(F)F)c3)s2)cc1=O. The molecule has 3 rings (SSSR count). The maximum atomic E-state index is 12.8. The maximum absolute atomic E-state index is 12.8. The van der Waals surface area contributed by atoms with Gasteiger partial charge in [0.15, 0.2) is 5.13 Å². The fraction of sp³-hybridized carbons (Fsp3) is 0.167. The molecule has 1 amide bonds. The molecule has 0 atom stereocenters. The number of thiazole rings is 1. The number of anilines is 1. The highest BCUT2D eigenvalue weighted by atomic mass is 32.1. The van der Waals surface area contributed by atoms with Crippen molar-refractivity contribution in [3.63, 3.8) is 0 Å². The van der Waals surface area contributed by atoms with Gasteiger partial charge in [-0.15, -0.1) is 11.3 Å². The lowest BCUT2D eigenvalue weighted by atomic mass is 10.1. The first kappa shape index (κ1) is 18.8. The van der Waals surface area contributed by atoms with Crippen molar-refractivity contribution >= 4 is 22.4 Å². The van der Waals surface area contributed by atoms with Crippen LogP contribution in [0.25, 0.3) is 0 Å².